The van der Waals surface area contributed by atoms with Crippen molar-refractivity contribution in [2.45, 2.75) is 51.6 Å². The maximum Gasteiger partial charge on any atom is 0.207 e. The van der Waals surface area contributed by atoms with Crippen LogP contribution in [-0.2, 0) is 14.5 Å². The maximum atomic E-state index is 5.92. The Hall–Kier alpha value is -0.120. The normalized spacial score (nSPS) is 64.4. The maximum absolute atomic E-state index is 5.92. The van der Waals surface area contributed by atoms with Crippen molar-refractivity contribution in [2.75, 3.05) is 0 Å². The van der Waals surface area contributed by atoms with Crippen LogP contribution in [-0.4, -0.2) is 11.6 Å². The van der Waals surface area contributed by atoms with E-state index in [4.69, 9.17) is 14.5 Å². The molecule has 0 radical (unpaired) electrons. The molecule has 0 aromatic carbocycles. The van der Waals surface area contributed by atoms with Gasteiger partial charge in [0, 0.05) is 11.3 Å². The van der Waals surface area contributed by atoms with Crippen LogP contribution in [0.2, 0.25) is 0 Å². The molecular formula is C10H16O3. The highest BCUT2D eigenvalue weighted by atomic mass is 17.3. The largest absolute Gasteiger partial charge is 0.312 e. The first kappa shape index (κ1) is 8.21. The molecule has 3 heteroatoms. The Kier molecular flexibility index (Phi) is 1.23. The lowest BCUT2D eigenvalue weighted by Gasteiger charge is -2.42. The van der Waals surface area contributed by atoms with Crippen molar-refractivity contribution in [1.29, 1.82) is 0 Å². The molecule has 0 aromatic heterocycles. The summed E-state index contributed by atoms with van der Waals surface area (Å²) < 4.78 is 5.92. The second kappa shape index (κ2) is 1.95. The number of rotatable bonds is 0. The highest BCUT2D eigenvalue weighted by molar-refractivity contribution is 5.04. The first-order chi connectivity index (χ1) is 5.98. The summed E-state index contributed by atoms with van der Waals surface area (Å²) in [6.07, 6.45) is 3.55. The molecule has 0 unspecified atom stereocenters. The zero-order chi connectivity index (χ0) is 9.32. The molecule has 2 aliphatic heterocycles. The summed E-state index contributed by atoms with van der Waals surface area (Å²) in [5.74, 6) is -0.493. The standard InChI is InChI=1S/C10H16O3/c1-8-5-4-7(6-8)9(2)11-10(8,3)13-12-9/h7H,4-6H2,1-3H3/t7-,8+,9-,10+/m0/s1. The third-order valence-corrected chi connectivity index (χ3v) is 4.34. The second-order valence-corrected chi connectivity index (χ2v) is 5.23. The molecule has 13 heavy (non-hydrogen) atoms. The van der Waals surface area contributed by atoms with E-state index in [-0.39, 0.29) is 5.41 Å². The molecule has 4 atom stereocenters. The van der Waals surface area contributed by atoms with Crippen molar-refractivity contribution in [3.8, 4) is 0 Å². The van der Waals surface area contributed by atoms with Crippen LogP contribution in [0.4, 0.5) is 0 Å². The summed E-state index contributed by atoms with van der Waals surface area (Å²) in [5.41, 5.74) is 0.147. The summed E-state index contributed by atoms with van der Waals surface area (Å²) in [7, 11) is 0. The van der Waals surface area contributed by atoms with Crippen LogP contribution in [0.1, 0.15) is 40.0 Å². The Morgan fingerprint density at radius 1 is 1.15 bits per heavy atom. The quantitative estimate of drug-likeness (QED) is 0.540. The van der Waals surface area contributed by atoms with Crippen molar-refractivity contribution in [1.82, 2.24) is 0 Å². The molecule has 4 bridgehead atoms. The van der Waals surface area contributed by atoms with Crippen LogP contribution in [0, 0.1) is 11.3 Å². The lowest BCUT2D eigenvalue weighted by Crippen LogP contribution is -2.50. The van der Waals surface area contributed by atoms with Gasteiger partial charge in [0.15, 0.2) is 0 Å². The third-order valence-electron chi connectivity index (χ3n) is 4.34. The van der Waals surface area contributed by atoms with Gasteiger partial charge in [-0.25, -0.2) is 0 Å². The molecule has 2 saturated heterocycles. The lowest BCUT2D eigenvalue weighted by atomic mass is 9.77. The molecule has 0 N–H and O–H groups in total. The summed E-state index contributed by atoms with van der Waals surface area (Å²) in [6, 6.07) is 0. The van der Waals surface area contributed by atoms with Crippen molar-refractivity contribution < 1.29 is 14.5 Å². The summed E-state index contributed by atoms with van der Waals surface area (Å²) in [4.78, 5) is 10.7. The fraction of sp³-hybridized carbons (Fsp3) is 1.00. The van der Waals surface area contributed by atoms with Crippen LogP contribution in [0.5, 0.6) is 0 Å². The third kappa shape index (κ3) is 0.767. The van der Waals surface area contributed by atoms with Gasteiger partial charge in [0.1, 0.15) is 0 Å². The SMILES string of the molecule is C[C@@]12OO[C@@](C)(O1)[C@]1(C)CC[C@H]2C1. The minimum absolute atomic E-state index is 0.147. The molecule has 3 aliphatic rings. The van der Waals surface area contributed by atoms with Crippen LogP contribution >= 0.6 is 0 Å². The van der Waals surface area contributed by atoms with Crippen LogP contribution in [0.15, 0.2) is 0 Å². The smallest absolute Gasteiger partial charge is 0.207 e. The average Bonchev–Trinajstić information content (AvgIpc) is 2.54. The van der Waals surface area contributed by atoms with Crippen molar-refractivity contribution in [3.63, 3.8) is 0 Å². The van der Waals surface area contributed by atoms with E-state index in [1.54, 1.807) is 0 Å². The molecule has 3 nitrogen and oxygen atoms in total. The molecule has 3 fully saturated rings. The first-order valence-corrected chi connectivity index (χ1v) is 5.05. The van der Waals surface area contributed by atoms with Gasteiger partial charge in [0.05, 0.1) is 0 Å². The molecule has 0 aromatic rings. The van der Waals surface area contributed by atoms with Gasteiger partial charge in [-0.2, -0.15) is 9.78 Å². The van der Waals surface area contributed by atoms with Gasteiger partial charge >= 0.3 is 0 Å². The molecule has 2 heterocycles. The van der Waals surface area contributed by atoms with Gasteiger partial charge in [-0.3, -0.25) is 0 Å². The Labute approximate surface area is 78.3 Å². The predicted molar refractivity (Wildman–Crippen MR) is 45.5 cm³/mol. The average molecular weight is 184 g/mol. The molecule has 3 rings (SSSR count). The van der Waals surface area contributed by atoms with Gasteiger partial charge in [-0.05, 0) is 33.1 Å². The first-order valence-electron chi connectivity index (χ1n) is 5.05. The predicted octanol–water partition coefficient (Wildman–Crippen LogP) is 2.22. The lowest BCUT2D eigenvalue weighted by molar-refractivity contribution is -0.359. The zero-order valence-electron chi connectivity index (χ0n) is 8.42. The van der Waals surface area contributed by atoms with Crippen molar-refractivity contribution >= 4 is 0 Å². The van der Waals surface area contributed by atoms with E-state index >= 15 is 0 Å². The van der Waals surface area contributed by atoms with Gasteiger partial charge < -0.3 is 4.74 Å². The second-order valence-electron chi connectivity index (χ2n) is 5.23. The number of hydrogen-bond donors (Lipinski definition) is 0. The fourth-order valence-electron chi connectivity index (χ4n) is 3.06. The molecule has 74 valence electrons. The topological polar surface area (TPSA) is 27.7 Å². The molecular weight excluding hydrogens is 168 g/mol. The van der Waals surface area contributed by atoms with E-state index in [1.165, 1.54) is 19.3 Å². The summed E-state index contributed by atoms with van der Waals surface area (Å²) in [6.45, 7) is 6.23. The highest BCUT2D eigenvalue weighted by Crippen LogP contribution is 2.63. The Morgan fingerprint density at radius 3 is 2.69 bits per heavy atom. The Bertz CT molecular complexity index is 267. The molecule has 0 amide bonds. The van der Waals surface area contributed by atoms with E-state index in [9.17, 15) is 0 Å². The number of ether oxygens (including phenoxy) is 1. The van der Waals surface area contributed by atoms with Crippen molar-refractivity contribution in [3.05, 3.63) is 0 Å². The van der Waals surface area contributed by atoms with E-state index < -0.39 is 11.6 Å². The van der Waals surface area contributed by atoms with Crippen LogP contribution in [0.25, 0.3) is 0 Å². The number of hydrogen-bond acceptors (Lipinski definition) is 3. The van der Waals surface area contributed by atoms with Gasteiger partial charge in [-0.15, -0.1) is 0 Å². The number of fused-ring (bicyclic) bond motifs is 6. The van der Waals surface area contributed by atoms with Crippen LogP contribution < -0.4 is 0 Å². The summed E-state index contributed by atoms with van der Waals surface area (Å²) in [5, 5.41) is 0. The van der Waals surface area contributed by atoms with Gasteiger partial charge in [0.25, 0.3) is 0 Å². The Morgan fingerprint density at radius 2 is 1.92 bits per heavy atom. The van der Waals surface area contributed by atoms with E-state index in [1.807, 2.05) is 13.8 Å². The van der Waals surface area contributed by atoms with Gasteiger partial charge in [-0.1, -0.05) is 6.92 Å². The van der Waals surface area contributed by atoms with Crippen LogP contribution in [0.3, 0.4) is 0 Å². The van der Waals surface area contributed by atoms with E-state index in [0.717, 1.165) is 0 Å². The minimum Gasteiger partial charge on any atom is -0.312 e. The zero-order valence-corrected chi connectivity index (χ0v) is 8.42. The fourth-order valence-corrected chi connectivity index (χ4v) is 3.06. The summed E-state index contributed by atoms with van der Waals surface area (Å²) >= 11 is 0. The van der Waals surface area contributed by atoms with Gasteiger partial charge in [0.2, 0.25) is 11.6 Å². The monoisotopic (exact) mass is 184 g/mol. The van der Waals surface area contributed by atoms with E-state index in [2.05, 4.69) is 6.92 Å². The molecule has 1 saturated carbocycles. The highest BCUT2D eigenvalue weighted by Gasteiger charge is 2.68. The minimum atomic E-state index is -0.519. The van der Waals surface area contributed by atoms with E-state index in [0.29, 0.717) is 5.92 Å². The van der Waals surface area contributed by atoms with Crippen molar-refractivity contribution in [2.24, 2.45) is 11.3 Å². The molecule has 1 aliphatic carbocycles. The Balaban J connectivity index is 2.09. The molecule has 0 spiro atoms.